The molecule has 0 saturated carbocycles. The number of hydrogen-bond donors (Lipinski definition) is 1. The fraction of sp³-hybridized carbons (Fsp3) is 0.650. The van der Waals surface area contributed by atoms with E-state index in [-0.39, 0.29) is 6.09 Å². The minimum atomic E-state index is -0.886. The number of carbonyl (C=O) groups is 1. The molecule has 0 bridgehead atoms. The highest BCUT2D eigenvalue weighted by Gasteiger charge is 2.43. The van der Waals surface area contributed by atoms with Crippen molar-refractivity contribution in [2.24, 2.45) is 0 Å². The van der Waals surface area contributed by atoms with Crippen LogP contribution in [0.3, 0.4) is 0 Å². The molecular formula is C20H29Cl2NO3. The monoisotopic (exact) mass is 401 g/mol. The number of amides is 1. The number of benzene rings is 1. The summed E-state index contributed by atoms with van der Waals surface area (Å²) in [7, 11) is 0. The van der Waals surface area contributed by atoms with Gasteiger partial charge in [0.15, 0.2) is 0 Å². The summed E-state index contributed by atoms with van der Waals surface area (Å²) >= 11 is 12.3. The summed E-state index contributed by atoms with van der Waals surface area (Å²) < 4.78 is 5.56. The van der Waals surface area contributed by atoms with Crippen LogP contribution in [0.15, 0.2) is 18.2 Å². The van der Waals surface area contributed by atoms with Gasteiger partial charge in [0.05, 0.1) is 15.6 Å². The number of piperidine rings is 1. The van der Waals surface area contributed by atoms with Crippen LogP contribution in [-0.4, -0.2) is 40.4 Å². The van der Waals surface area contributed by atoms with Gasteiger partial charge in [-0.05, 0) is 71.6 Å². The van der Waals surface area contributed by atoms with Crippen molar-refractivity contribution in [1.82, 2.24) is 4.90 Å². The van der Waals surface area contributed by atoms with Crippen LogP contribution >= 0.6 is 23.2 Å². The topological polar surface area (TPSA) is 49.8 Å². The van der Waals surface area contributed by atoms with Gasteiger partial charge in [-0.2, -0.15) is 0 Å². The molecule has 1 amide bonds. The van der Waals surface area contributed by atoms with Crippen LogP contribution in [0.2, 0.25) is 10.0 Å². The van der Waals surface area contributed by atoms with Gasteiger partial charge in [0.1, 0.15) is 5.60 Å². The van der Waals surface area contributed by atoms with Gasteiger partial charge in [0.25, 0.3) is 0 Å². The van der Waals surface area contributed by atoms with E-state index in [1.165, 1.54) is 0 Å². The molecule has 0 spiro atoms. The molecule has 6 heteroatoms. The molecule has 1 aliphatic heterocycles. The second-order valence-electron chi connectivity index (χ2n) is 8.90. The Morgan fingerprint density at radius 1 is 1.23 bits per heavy atom. The highest BCUT2D eigenvalue weighted by molar-refractivity contribution is 6.42. The van der Waals surface area contributed by atoms with E-state index in [9.17, 15) is 9.90 Å². The van der Waals surface area contributed by atoms with Gasteiger partial charge in [-0.25, -0.2) is 4.79 Å². The molecular weight excluding hydrogens is 373 g/mol. The van der Waals surface area contributed by atoms with Gasteiger partial charge in [-0.1, -0.05) is 29.3 Å². The summed E-state index contributed by atoms with van der Waals surface area (Å²) in [6, 6.07) is 5.57. The first-order valence-electron chi connectivity index (χ1n) is 8.97. The lowest BCUT2D eigenvalue weighted by molar-refractivity contribution is -0.00486. The van der Waals surface area contributed by atoms with Gasteiger partial charge in [-0.3, -0.25) is 0 Å². The highest BCUT2D eigenvalue weighted by Crippen LogP contribution is 2.42. The minimum Gasteiger partial charge on any atom is -0.444 e. The van der Waals surface area contributed by atoms with E-state index in [1.54, 1.807) is 24.8 Å². The van der Waals surface area contributed by atoms with Crippen LogP contribution in [0.25, 0.3) is 0 Å². The Balaban J connectivity index is 2.37. The molecule has 2 rings (SSSR count). The second-order valence-corrected chi connectivity index (χ2v) is 9.72. The Bertz CT molecular complexity index is 664. The van der Waals surface area contributed by atoms with Gasteiger partial charge in [0, 0.05) is 18.5 Å². The number of aliphatic hydroxyl groups is 1. The number of rotatable bonds is 3. The van der Waals surface area contributed by atoms with Crippen molar-refractivity contribution < 1.29 is 14.6 Å². The number of ether oxygens (including phenoxy) is 1. The van der Waals surface area contributed by atoms with E-state index in [0.717, 1.165) is 18.4 Å². The summed E-state index contributed by atoms with van der Waals surface area (Å²) in [4.78, 5) is 14.4. The normalized spacial score (nSPS) is 21.6. The molecule has 1 aromatic carbocycles. The zero-order chi connectivity index (χ0) is 19.8. The predicted molar refractivity (Wildman–Crippen MR) is 106 cm³/mol. The Kier molecular flexibility index (Phi) is 6.21. The number of likely N-dealkylation sites (tertiary alicyclic amines) is 1. The molecule has 0 aromatic heterocycles. The van der Waals surface area contributed by atoms with Crippen LogP contribution < -0.4 is 0 Å². The molecule has 1 saturated heterocycles. The van der Waals surface area contributed by atoms with E-state index in [0.29, 0.717) is 29.6 Å². The summed E-state index contributed by atoms with van der Waals surface area (Å²) in [5, 5.41) is 11.5. The van der Waals surface area contributed by atoms with Gasteiger partial charge in [-0.15, -0.1) is 0 Å². The molecule has 0 radical (unpaired) electrons. The highest BCUT2D eigenvalue weighted by atomic mass is 35.5. The summed E-state index contributed by atoms with van der Waals surface area (Å²) in [6.45, 7) is 10.3. The summed E-state index contributed by atoms with van der Waals surface area (Å²) in [5.74, 6) is 0. The van der Waals surface area contributed by atoms with E-state index >= 15 is 0 Å². The third-order valence-corrected chi connectivity index (χ3v) is 5.27. The molecule has 26 heavy (non-hydrogen) atoms. The quantitative estimate of drug-likeness (QED) is 0.734. The van der Waals surface area contributed by atoms with Gasteiger partial charge >= 0.3 is 6.09 Å². The van der Waals surface area contributed by atoms with Gasteiger partial charge < -0.3 is 14.7 Å². The van der Waals surface area contributed by atoms with E-state index in [4.69, 9.17) is 27.9 Å². The van der Waals surface area contributed by atoms with Crippen LogP contribution in [0.4, 0.5) is 4.79 Å². The SMILES string of the molecule is CC(C)(O)CC1(c2ccc(Cl)c(Cl)c2)CCCN(C(=O)OC(C)(C)C)C1. The third kappa shape index (κ3) is 5.51. The molecule has 1 aromatic rings. The molecule has 0 aliphatic carbocycles. The predicted octanol–water partition coefficient (Wildman–Crippen LogP) is 5.42. The average Bonchev–Trinajstić information content (AvgIpc) is 2.46. The van der Waals surface area contributed by atoms with Crippen molar-refractivity contribution in [1.29, 1.82) is 0 Å². The number of hydrogen-bond acceptors (Lipinski definition) is 3. The zero-order valence-electron chi connectivity index (χ0n) is 16.2. The van der Waals surface area contributed by atoms with Crippen LogP contribution in [-0.2, 0) is 10.2 Å². The first kappa shape index (κ1) is 21.3. The Hall–Kier alpha value is -0.970. The molecule has 4 nitrogen and oxygen atoms in total. The molecule has 1 aliphatic rings. The maximum atomic E-state index is 12.6. The molecule has 146 valence electrons. The van der Waals surface area contributed by atoms with E-state index in [1.807, 2.05) is 32.9 Å². The molecule has 1 heterocycles. The number of carbonyl (C=O) groups excluding carboxylic acids is 1. The number of halogens is 2. The largest absolute Gasteiger partial charge is 0.444 e. The van der Waals surface area contributed by atoms with E-state index in [2.05, 4.69) is 0 Å². The second kappa shape index (κ2) is 7.57. The molecule has 1 unspecified atom stereocenters. The lowest BCUT2D eigenvalue weighted by atomic mass is 9.68. The molecule has 1 N–H and O–H groups in total. The standard InChI is InChI=1S/C20H29Cl2NO3/c1-18(2,3)26-17(24)23-10-6-9-20(13-23,12-19(4,5)25)14-7-8-15(21)16(22)11-14/h7-8,11,25H,6,9-10,12-13H2,1-5H3. The smallest absolute Gasteiger partial charge is 0.410 e. The Morgan fingerprint density at radius 2 is 1.88 bits per heavy atom. The third-order valence-electron chi connectivity index (χ3n) is 4.53. The van der Waals surface area contributed by atoms with E-state index < -0.39 is 16.6 Å². The lowest BCUT2D eigenvalue weighted by Crippen LogP contribution is -2.52. The van der Waals surface area contributed by atoms with Crippen molar-refractivity contribution in [3.8, 4) is 0 Å². The van der Waals surface area contributed by atoms with Crippen molar-refractivity contribution in [2.75, 3.05) is 13.1 Å². The Morgan fingerprint density at radius 3 is 2.42 bits per heavy atom. The van der Waals surface area contributed by atoms with Crippen molar-refractivity contribution in [2.45, 2.75) is 70.5 Å². The fourth-order valence-corrected chi connectivity index (χ4v) is 4.05. The van der Waals surface area contributed by atoms with Gasteiger partial charge in [0.2, 0.25) is 0 Å². The number of nitrogens with zero attached hydrogens (tertiary/aromatic N) is 1. The summed E-state index contributed by atoms with van der Waals surface area (Å²) in [6.07, 6.45) is 1.87. The summed E-state index contributed by atoms with van der Waals surface area (Å²) in [5.41, 5.74) is -0.843. The average molecular weight is 402 g/mol. The van der Waals surface area contributed by atoms with Crippen LogP contribution in [0, 0.1) is 0 Å². The maximum absolute atomic E-state index is 12.6. The Labute approximate surface area is 166 Å². The molecule has 1 atom stereocenters. The fourth-order valence-electron chi connectivity index (χ4n) is 3.75. The van der Waals surface area contributed by atoms with Crippen LogP contribution in [0.5, 0.6) is 0 Å². The zero-order valence-corrected chi connectivity index (χ0v) is 17.7. The van der Waals surface area contributed by atoms with Crippen molar-refractivity contribution >= 4 is 29.3 Å². The first-order chi connectivity index (χ1) is 11.8. The van der Waals surface area contributed by atoms with Crippen LogP contribution in [0.1, 0.15) is 59.4 Å². The first-order valence-corrected chi connectivity index (χ1v) is 9.73. The maximum Gasteiger partial charge on any atom is 0.410 e. The molecule has 1 fully saturated rings. The lowest BCUT2D eigenvalue weighted by Gasteiger charge is -2.46. The van der Waals surface area contributed by atoms with Crippen molar-refractivity contribution in [3.05, 3.63) is 33.8 Å². The minimum absolute atomic E-state index is 0.322. The van der Waals surface area contributed by atoms with Crippen molar-refractivity contribution in [3.63, 3.8) is 0 Å².